The van der Waals surface area contributed by atoms with Crippen molar-refractivity contribution in [2.75, 3.05) is 5.32 Å². The minimum Gasteiger partial charge on any atom is -0.304 e. The number of aromatic nitrogens is 3. The lowest BCUT2D eigenvalue weighted by Gasteiger charge is -2.02. The number of rotatable bonds is 2. The van der Waals surface area contributed by atoms with Gasteiger partial charge in [0.05, 0.1) is 5.56 Å². The molecule has 0 aromatic carbocycles. The van der Waals surface area contributed by atoms with Crippen LogP contribution >= 0.6 is 0 Å². The highest BCUT2D eigenvalue weighted by Crippen LogP contribution is 2.13. The van der Waals surface area contributed by atoms with E-state index < -0.39 is 11.9 Å². The Morgan fingerprint density at radius 3 is 3.06 bits per heavy atom. The predicted molar refractivity (Wildman–Crippen MR) is 60.1 cm³/mol. The van der Waals surface area contributed by atoms with E-state index in [-0.39, 0.29) is 16.9 Å². The van der Waals surface area contributed by atoms with Crippen LogP contribution in [0.4, 0.5) is 10.2 Å². The molecule has 0 spiro atoms. The summed E-state index contributed by atoms with van der Waals surface area (Å²) in [5, 5.41) is 15.1. The molecule has 2 rings (SSSR count). The summed E-state index contributed by atoms with van der Waals surface area (Å²) in [5.41, 5.74) is 0.00203. The van der Waals surface area contributed by atoms with E-state index in [1.54, 1.807) is 7.05 Å². The number of carbonyl (C=O) groups excluding carboxylic acids is 1. The molecule has 1 amide bonds. The zero-order valence-electron chi connectivity index (χ0n) is 9.38. The molecule has 0 aliphatic rings. The Labute approximate surface area is 102 Å². The van der Waals surface area contributed by atoms with Crippen LogP contribution < -0.4 is 5.32 Å². The summed E-state index contributed by atoms with van der Waals surface area (Å²) < 4.78 is 14.7. The van der Waals surface area contributed by atoms with Crippen molar-refractivity contribution in [1.29, 1.82) is 5.26 Å². The second-order valence-corrected chi connectivity index (χ2v) is 3.47. The number of halogens is 1. The van der Waals surface area contributed by atoms with E-state index in [1.165, 1.54) is 29.2 Å². The maximum atomic E-state index is 13.3. The Kier molecular flexibility index (Phi) is 3.02. The van der Waals surface area contributed by atoms with Gasteiger partial charge < -0.3 is 5.32 Å². The lowest BCUT2D eigenvalue weighted by molar-refractivity contribution is 0.102. The third-order valence-corrected chi connectivity index (χ3v) is 2.18. The molecule has 0 saturated heterocycles. The summed E-state index contributed by atoms with van der Waals surface area (Å²) >= 11 is 0. The molecule has 0 saturated carbocycles. The van der Waals surface area contributed by atoms with E-state index in [1.807, 2.05) is 6.07 Å². The number of hydrogen-bond acceptors (Lipinski definition) is 4. The minimum atomic E-state index is -0.871. The predicted octanol–water partition coefficient (Wildman–Crippen LogP) is 1.08. The van der Waals surface area contributed by atoms with Gasteiger partial charge in [-0.25, -0.2) is 4.98 Å². The van der Waals surface area contributed by atoms with Crippen LogP contribution in [0.1, 0.15) is 15.9 Å². The molecule has 6 nitrogen and oxygen atoms in total. The molecule has 1 N–H and O–H groups in total. The van der Waals surface area contributed by atoms with Crippen LogP contribution in [0.15, 0.2) is 24.5 Å². The van der Waals surface area contributed by atoms with E-state index in [0.29, 0.717) is 0 Å². The van der Waals surface area contributed by atoms with Crippen molar-refractivity contribution >= 4 is 11.7 Å². The summed E-state index contributed by atoms with van der Waals surface area (Å²) in [6, 6.07) is 4.62. The fourth-order valence-corrected chi connectivity index (χ4v) is 1.39. The van der Waals surface area contributed by atoms with Crippen molar-refractivity contribution in [2.24, 2.45) is 7.05 Å². The molecule has 0 atom stereocenters. The molecule has 0 bridgehead atoms. The van der Waals surface area contributed by atoms with E-state index in [9.17, 15) is 9.18 Å². The first-order valence-corrected chi connectivity index (χ1v) is 4.97. The molecular formula is C11H8FN5O. The van der Waals surface area contributed by atoms with Gasteiger partial charge in [0.25, 0.3) is 5.91 Å². The summed E-state index contributed by atoms with van der Waals surface area (Å²) in [5.74, 6) is -1.48. The third-order valence-electron chi connectivity index (χ3n) is 2.18. The van der Waals surface area contributed by atoms with Gasteiger partial charge in [-0.3, -0.25) is 9.48 Å². The van der Waals surface area contributed by atoms with Crippen LogP contribution in [0.5, 0.6) is 0 Å². The van der Waals surface area contributed by atoms with Gasteiger partial charge in [0.15, 0.2) is 5.82 Å². The first-order valence-electron chi connectivity index (χ1n) is 4.97. The third kappa shape index (κ3) is 2.17. The van der Waals surface area contributed by atoms with Gasteiger partial charge in [0.2, 0.25) is 5.95 Å². The van der Waals surface area contributed by atoms with Gasteiger partial charge in [0.1, 0.15) is 11.6 Å². The second kappa shape index (κ2) is 4.63. The molecule has 0 aliphatic heterocycles. The second-order valence-electron chi connectivity index (χ2n) is 3.47. The largest absolute Gasteiger partial charge is 0.304 e. The van der Waals surface area contributed by atoms with E-state index >= 15 is 0 Å². The standard InChI is InChI=1S/C11H8FN5O/c1-17-6-7(5-13)10(16-17)15-11(18)8-3-2-4-14-9(8)12/h2-4,6H,1H3,(H,15,16,18). The van der Waals surface area contributed by atoms with Crippen LogP contribution in [-0.4, -0.2) is 20.7 Å². The number of carbonyl (C=O) groups is 1. The molecular weight excluding hydrogens is 237 g/mol. The zero-order chi connectivity index (χ0) is 13.1. The molecule has 7 heteroatoms. The van der Waals surface area contributed by atoms with Crippen LogP contribution in [0, 0.1) is 17.3 Å². The normalized spacial score (nSPS) is 9.83. The average Bonchev–Trinajstić information content (AvgIpc) is 2.70. The minimum absolute atomic E-state index is 0.0910. The van der Waals surface area contributed by atoms with Crippen molar-refractivity contribution in [3.63, 3.8) is 0 Å². The number of nitrogens with one attached hydrogen (secondary N) is 1. The van der Waals surface area contributed by atoms with Gasteiger partial charge >= 0.3 is 0 Å². The van der Waals surface area contributed by atoms with Gasteiger partial charge in [-0.1, -0.05) is 0 Å². The lowest BCUT2D eigenvalue weighted by atomic mass is 10.2. The molecule has 0 unspecified atom stereocenters. The molecule has 0 fully saturated rings. The highest BCUT2D eigenvalue weighted by atomic mass is 19.1. The number of aryl methyl sites for hydroxylation is 1. The van der Waals surface area contributed by atoms with Gasteiger partial charge in [0, 0.05) is 19.4 Å². The van der Waals surface area contributed by atoms with Crippen LogP contribution in [0.2, 0.25) is 0 Å². The highest BCUT2D eigenvalue weighted by molar-refractivity contribution is 6.04. The molecule has 2 heterocycles. The number of amides is 1. The molecule has 2 aromatic heterocycles. The van der Waals surface area contributed by atoms with E-state index in [4.69, 9.17) is 5.26 Å². The topological polar surface area (TPSA) is 83.6 Å². The maximum Gasteiger partial charge on any atom is 0.261 e. The zero-order valence-corrected chi connectivity index (χ0v) is 9.38. The SMILES string of the molecule is Cn1cc(C#N)c(NC(=O)c2cccnc2F)n1. The Morgan fingerprint density at radius 1 is 1.61 bits per heavy atom. The monoisotopic (exact) mass is 245 g/mol. The van der Waals surface area contributed by atoms with E-state index in [0.717, 1.165) is 0 Å². The molecule has 18 heavy (non-hydrogen) atoms. The number of nitriles is 1. The Bertz CT molecular complexity index is 643. The van der Waals surface area contributed by atoms with Crippen LogP contribution in [0.25, 0.3) is 0 Å². The Balaban J connectivity index is 2.27. The van der Waals surface area contributed by atoms with E-state index in [2.05, 4.69) is 15.4 Å². The number of anilines is 1. The smallest absolute Gasteiger partial charge is 0.261 e. The first kappa shape index (κ1) is 11.7. The Hall–Kier alpha value is -2.75. The summed E-state index contributed by atoms with van der Waals surface area (Å²) in [7, 11) is 1.61. The van der Waals surface area contributed by atoms with Crippen LogP contribution in [0.3, 0.4) is 0 Å². The molecule has 90 valence electrons. The fourth-order valence-electron chi connectivity index (χ4n) is 1.39. The molecule has 0 aliphatic carbocycles. The van der Waals surface area contributed by atoms with Crippen molar-refractivity contribution < 1.29 is 9.18 Å². The van der Waals surface area contributed by atoms with Crippen LogP contribution in [-0.2, 0) is 7.05 Å². The molecule has 2 aromatic rings. The summed E-state index contributed by atoms with van der Waals surface area (Å²) in [4.78, 5) is 15.1. The van der Waals surface area contributed by atoms with Crippen molar-refractivity contribution in [1.82, 2.24) is 14.8 Å². The van der Waals surface area contributed by atoms with Crippen molar-refractivity contribution in [3.05, 3.63) is 41.6 Å². The number of hydrogen-bond donors (Lipinski definition) is 1. The fraction of sp³-hybridized carbons (Fsp3) is 0.0909. The lowest BCUT2D eigenvalue weighted by Crippen LogP contribution is -2.15. The quantitative estimate of drug-likeness (QED) is 0.802. The highest BCUT2D eigenvalue weighted by Gasteiger charge is 2.15. The first-order chi connectivity index (χ1) is 8.61. The average molecular weight is 245 g/mol. The van der Waals surface area contributed by atoms with Gasteiger partial charge in [-0.05, 0) is 12.1 Å². The number of nitrogens with zero attached hydrogens (tertiary/aromatic N) is 4. The number of pyridine rings is 1. The van der Waals surface area contributed by atoms with Crippen molar-refractivity contribution in [3.8, 4) is 6.07 Å². The van der Waals surface area contributed by atoms with Crippen molar-refractivity contribution in [2.45, 2.75) is 0 Å². The van der Waals surface area contributed by atoms with Gasteiger partial charge in [-0.15, -0.1) is 0 Å². The summed E-state index contributed by atoms with van der Waals surface area (Å²) in [6.45, 7) is 0. The Morgan fingerprint density at radius 2 is 2.39 bits per heavy atom. The van der Waals surface area contributed by atoms with Gasteiger partial charge in [-0.2, -0.15) is 14.8 Å². The summed E-state index contributed by atoms with van der Waals surface area (Å²) in [6.07, 6.45) is 2.70. The maximum absolute atomic E-state index is 13.3. The molecule has 0 radical (unpaired) electrons.